The van der Waals surface area contributed by atoms with Crippen molar-refractivity contribution >= 4 is 62.0 Å². The number of benzene rings is 1. The summed E-state index contributed by atoms with van der Waals surface area (Å²) < 4.78 is 16.4. The van der Waals surface area contributed by atoms with Gasteiger partial charge in [-0.3, -0.25) is 19.1 Å². The molecule has 39 heavy (non-hydrogen) atoms. The molecule has 1 aliphatic rings. The highest BCUT2D eigenvalue weighted by atomic mass is 79.9. The number of nitrogens with one attached hydrogen (secondary N) is 1. The molecule has 2 atom stereocenters. The summed E-state index contributed by atoms with van der Waals surface area (Å²) in [5.41, 5.74) is 2.34. The average molecular weight is 612 g/mol. The second-order valence-electron chi connectivity index (χ2n) is 8.98. The van der Waals surface area contributed by atoms with Crippen molar-refractivity contribution in [3.05, 3.63) is 59.1 Å². The second kappa shape index (κ2) is 11.2. The van der Waals surface area contributed by atoms with Crippen LogP contribution in [0.3, 0.4) is 0 Å². The molecule has 2 amide bonds. The van der Waals surface area contributed by atoms with Gasteiger partial charge < -0.3 is 10.2 Å². The number of carbonyl (C=O) groups is 3. The number of rotatable bonds is 7. The van der Waals surface area contributed by atoms with E-state index in [9.17, 15) is 18.8 Å². The van der Waals surface area contributed by atoms with Gasteiger partial charge in [0.05, 0.1) is 12.1 Å². The molecule has 3 aromatic heterocycles. The van der Waals surface area contributed by atoms with Crippen LogP contribution in [-0.2, 0) is 16.1 Å². The third-order valence-corrected chi connectivity index (χ3v) is 7.37. The number of fused-ring (bicyclic) bond motifs is 1. The lowest BCUT2D eigenvalue weighted by molar-refractivity contribution is -0.137. The molecular weight excluding hydrogens is 589 g/mol. The van der Waals surface area contributed by atoms with Crippen molar-refractivity contribution in [1.82, 2.24) is 29.6 Å². The van der Waals surface area contributed by atoms with Crippen LogP contribution in [0.5, 0.6) is 0 Å². The zero-order valence-electron chi connectivity index (χ0n) is 21.0. The van der Waals surface area contributed by atoms with Gasteiger partial charge in [0.25, 0.3) is 0 Å². The molecule has 10 nitrogen and oxygen atoms in total. The molecule has 200 valence electrons. The summed E-state index contributed by atoms with van der Waals surface area (Å²) in [7, 11) is 0. The van der Waals surface area contributed by atoms with Gasteiger partial charge in [0, 0.05) is 36.7 Å². The summed E-state index contributed by atoms with van der Waals surface area (Å²) in [6, 6.07) is 9.43. The van der Waals surface area contributed by atoms with E-state index in [1.54, 1.807) is 36.7 Å². The van der Waals surface area contributed by atoms with E-state index in [1.165, 1.54) is 28.3 Å². The fourth-order valence-corrected chi connectivity index (χ4v) is 5.19. The Kier molecular flexibility index (Phi) is 7.71. The molecule has 4 heterocycles. The number of aromatic nitrogens is 5. The van der Waals surface area contributed by atoms with Crippen molar-refractivity contribution in [2.24, 2.45) is 0 Å². The van der Waals surface area contributed by atoms with Crippen LogP contribution >= 0.6 is 27.7 Å². The monoisotopic (exact) mass is 611 g/mol. The fourth-order valence-electron chi connectivity index (χ4n) is 4.53. The lowest BCUT2D eigenvalue weighted by Crippen LogP contribution is -2.44. The number of anilines is 1. The summed E-state index contributed by atoms with van der Waals surface area (Å²) in [6.07, 6.45) is 3.84. The normalized spacial score (nSPS) is 17.0. The SMILES string of the molecule is CSc1ncc(-c2ccc3c(c2)c(C(C)=O)nn3CC(=O)N2C[C@H](F)C[C@H]2C(=O)Nc2cccc(Br)n2)cn1. The fraction of sp³-hybridized carbons (Fsp3) is 0.269. The number of hydrogen-bond acceptors (Lipinski definition) is 8. The highest BCUT2D eigenvalue weighted by molar-refractivity contribution is 9.10. The summed E-state index contributed by atoms with van der Waals surface area (Å²) >= 11 is 4.68. The van der Waals surface area contributed by atoms with Gasteiger partial charge in [-0.1, -0.05) is 23.9 Å². The van der Waals surface area contributed by atoms with E-state index in [2.05, 4.69) is 41.3 Å². The maximum absolute atomic E-state index is 14.4. The van der Waals surface area contributed by atoms with Crippen LogP contribution in [0.25, 0.3) is 22.0 Å². The number of carbonyl (C=O) groups excluding carboxylic acids is 3. The molecule has 1 fully saturated rings. The van der Waals surface area contributed by atoms with Crippen LogP contribution in [0.2, 0.25) is 0 Å². The Hall–Kier alpha value is -3.71. The zero-order chi connectivity index (χ0) is 27.7. The Balaban J connectivity index is 1.40. The predicted molar refractivity (Wildman–Crippen MR) is 148 cm³/mol. The second-order valence-corrected chi connectivity index (χ2v) is 10.6. The minimum atomic E-state index is -1.34. The first-order valence-electron chi connectivity index (χ1n) is 12.0. The van der Waals surface area contributed by atoms with Gasteiger partial charge >= 0.3 is 0 Å². The number of nitrogens with zero attached hydrogens (tertiary/aromatic N) is 6. The van der Waals surface area contributed by atoms with Gasteiger partial charge in [-0.15, -0.1) is 0 Å². The molecular formula is C26H23BrFN7O3S. The number of halogens is 2. The molecule has 1 N–H and O–H groups in total. The van der Waals surface area contributed by atoms with E-state index in [-0.39, 0.29) is 36.8 Å². The number of amides is 2. The van der Waals surface area contributed by atoms with Crippen LogP contribution in [0.1, 0.15) is 23.8 Å². The first-order valence-corrected chi connectivity index (χ1v) is 14.0. The van der Waals surface area contributed by atoms with E-state index in [1.807, 2.05) is 18.4 Å². The highest BCUT2D eigenvalue weighted by Gasteiger charge is 2.40. The Labute approximate surface area is 235 Å². The zero-order valence-corrected chi connectivity index (χ0v) is 23.4. The molecule has 1 aliphatic heterocycles. The number of pyridine rings is 1. The minimum absolute atomic E-state index is 0.120. The van der Waals surface area contributed by atoms with E-state index in [4.69, 9.17) is 0 Å². The number of Topliss-reactive ketones (excluding diaryl/α,β-unsaturated/α-hetero) is 1. The molecule has 1 saturated heterocycles. The smallest absolute Gasteiger partial charge is 0.248 e. The Morgan fingerprint density at radius 3 is 2.62 bits per heavy atom. The van der Waals surface area contributed by atoms with Crippen molar-refractivity contribution in [2.45, 2.75) is 37.3 Å². The molecule has 4 aromatic rings. The lowest BCUT2D eigenvalue weighted by Gasteiger charge is -2.23. The van der Waals surface area contributed by atoms with E-state index in [0.29, 0.717) is 20.7 Å². The summed E-state index contributed by atoms with van der Waals surface area (Å²) in [4.78, 5) is 52.7. The van der Waals surface area contributed by atoms with E-state index in [0.717, 1.165) is 11.1 Å². The van der Waals surface area contributed by atoms with Crippen LogP contribution < -0.4 is 5.32 Å². The Morgan fingerprint density at radius 2 is 1.92 bits per heavy atom. The summed E-state index contributed by atoms with van der Waals surface area (Å²) in [6.45, 7) is 0.930. The first kappa shape index (κ1) is 26.9. The Morgan fingerprint density at radius 1 is 1.15 bits per heavy atom. The molecule has 0 unspecified atom stereocenters. The van der Waals surface area contributed by atoms with E-state index < -0.39 is 24.0 Å². The number of likely N-dealkylation sites (tertiary alicyclic amines) is 1. The molecule has 0 bridgehead atoms. The molecule has 0 saturated carbocycles. The average Bonchev–Trinajstić information content (AvgIpc) is 3.49. The number of hydrogen-bond donors (Lipinski definition) is 1. The molecule has 5 rings (SSSR count). The van der Waals surface area contributed by atoms with Crippen LogP contribution in [0.4, 0.5) is 10.2 Å². The third kappa shape index (κ3) is 5.69. The topological polar surface area (TPSA) is 123 Å². The Bertz CT molecular complexity index is 1580. The van der Waals surface area contributed by atoms with Gasteiger partial charge in [-0.2, -0.15) is 5.10 Å². The maximum Gasteiger partial charge on any atom is 0.248 e. The van der Waals surface area contributed by atoms with Crippen molar-refractivity contribution in [3.8, 4) is 11.1 Å². The molecule has 13 heteroatoms. The molecule has 1 aromatic carbocycles. The van der Waals surface area contributed by atoms with Crippen molar-refractivity contribution in [2.75, 3.05) is 18.1 Å². The summed E-state index contributed by atoms with van der Waals surface area (Å²) in [5, 5.41) is 8.27. The lowest BCUT2D eigenvalue weighted by atomic mass is 10.0. The minimum Gasteiger partial charge on any atom is -0.326 e. The van der Waals surface area contributed by atoms with Crippen LogP contribution in [0, 0.1) is 0 Å². The van der Waals surface area contributed by atoms with Gasteiger partial charge in [-0.05, 0) is 52.0 Å². The number of alkyl halides is 1. The van der Waals surface area contributed by atoms with Crippen LogP contribution in [0.15, 0.2) is 58.6 Å². The van der Waals surface area contributed by atoms with Crippen molar-refractivity contribution in [1.29, 1.82) is 0 Å². The largest absolute Gasteiger partial charge is 0.326 e. The summed E-state index contributed by atoms with van der Waals surface area (Å²) in [5.74, 6) is -0.982. The molecule has 0 spiro atoms. The van der Waals surface area contributed by atoms with Crippen molar-refractivity contribution < 1.29 is 18.8 Å². The van der Waals surface area contributed by atoms with Gasteiger partial charge in [0.1, 0.15) is 34.9 Å². The molecule has 0 aliphatic carbocycles. The predicted octanol–water partition coefficient (Wildman–Crippen LogP) is 4.15. The van der Waals surface area contributed by atoms with E-state index >= 15 is 0 Å². The van der Waals surface area contributed by atoms with Gasteiger partial charge in [0.2, 0.25) is 11.8 Å². The third-order valence-electron chi connectivity index (χ3n) is 6.35. The quantitative estimate of drug-likeness (QED) is 0.143. The van der Waals surface area contributed by atoms with Gasteiger partial charge in [0.15, 0.2) is 10.9 Å². The number of ketones is 1. The molecule has 0 radical (unpaired) electrons. The first-order chi connectivity index (χ1) is 18.7. The standard InChI is InChI=1S/C26H23BrFN7O3S/c1-14(36)24-18-8-15(16-10-29-26(39-2)30-11-16)6-7-19(18)35(33-24)13-23(37)34-12-17(28)9-20(34)25(38)32-22-5-3-4-21(27)31-22/h3-8,10-11,17,20H,9,12-13H2,1-2H3,(H,31,32,38)/t17-,20+/m1/s1. The van der Waals surface area contributed by atoms with Crippen LogP contribution in [-0.4, -0.2) is 72.2 Å². The maximum atomic E-state index is 14.4. The highest BCUT2D eigenvalue weighted by Crippen LogP contribution is 2.28. The van der Waals surface area contributed by atoms with Crippen molar-refractivity contribution in [3.63, 3.8) is 0 Å². The van der Waals surface area contributed by atoms with Gasteiger partial charge in [-0.25, -0.2) is 19.3 Å². The number of thioether (sulfide) groups is 1.